The van der Waals surface area contributed by atoms with Gasteiger partial charge in [-0.25, -0.2) is 0 Å². The van der Waals surface area contributed by atoms with Crippen molar-refractivity contribution in [1.29, 1.82) is 0 Å². The number of nitrogens with two attached hydrogens (primary N) is 1. The van der Waals surface area contributed by atoms with Gasteiger partial charge in [-0.15, -0.1) is 12.4 Å². The molecule has 0 bridgehead atoms. The minimum absolute atomic E-state index is 0. The number of amides is 2. The summed E-state index contributed by atoms with van der Waals surface area (Å²) in [5, 5.41) is 5.74. The van der Waals surface area contributed by atoms with Crippen LogP contribution in [0.25, 0.3) is 0 Å². The van der Waals surface area contributed by atoms with Crippen molar-refractivity contribution in [3.8, 4) is 0 Å². The zero-order valence-electron chi connectivity index (χ0n) is 14.6. The van der Waals surface area contributed by atoms with Crippen molar-refractivity contribution in [1.82, 2.24) is 5.32 Å². The molecule has 144 valence electrons. The summed E-state index contributed by atoms with van der Waals surface area (Å²) in [7, 11) is 0. The number of ether oxygens (including phenoxy) is 2. The minimum atomic E-state index is -0.420. The molecule has 3 rings (SSSR count). The van der Waals surface area contributed by atoms with Crippen LogP contribution < -0.4 is 16.4 Å². The van der Waals surface area contributed by atoms with Gasteiger partial charge in [-0.1, -0.05) is 12.1 Å². The maximum atomic E-state index is 12.2. The topological polar surface area (TPSA) is 103 Å². The third kappa shape index (κ3) is 5.41. The van der Waals surface area contributed by atoms with Crippen LogP contribution in [0.15, 0.2) is 24.3 Å². The molecule has 7 nitrogen and oxygen atoms in total. The number of anilines is 1. The van der Waals surface area contributed by atoms with Gasteiger partial charge < -0.3 is 25.8 Å². The predicted octanol–water partition coefficient (Wildman–Crippen LogP) is 1.35. The third-order valence-electron chi connectivity index (χ3n) is 4.55. The van der Waals surface area contributed by atoms with Gasteiger partial charge in [-0.3, -0.25) is 9.59 Å². The maximum absolute atomic E-state index is 12.2. The first-order chi connectivity index (χ1) is 12.2. The summed E-state index contributed by atoms with van der Waals surface area (Å²) in [6.07, 6.45) is 2.39. The molecular formula is C18H26ClN3O4. The van der Waals surface area contributed by atoms with E-state index >= 15 is 0 Å². The summed E-state index contributed by atoms with van der Waals surface area (Å²) < 4.78 is 11.0. The Labute approximate surface area is 159 Å². The minimum Gasteiger partial charge on any atom is -0.368 e. The van der Waals surface area contributed by atoms with Gasteiger partial charge in [0, 0.05) is 25.4 Å². The first-order valence-electron chi connectivity index (χ1n) is 8.80. The summed E-state index contributed by atoms with van der Waals surface area (Å²) in [5.41, 5.74) is 7.17. The molecule has 2 heterocycles. The molecule has 1 unspecified atom stereocenters. The number of hydrogen-bond donors (Lipinski definition) is 3. The van der Waals surface area contributed by atoms with Crippen LogP contribution in [0, 0.1) is 0 Å². The van der Waals surface area contributed by atoms with Gasteiger partial charge in [0.1, 0.15) is 12.2 Å². The molecule has 1 aromatic rings. The van der Waals surface area contributed by atoms with E-state index in [2.05, 4.69) is 10.6 Å². The Kier molecular flexibility index (Phi) is 7.84. The highest BCUT2D eigenvalue weighted by Crippen LogP contribution is 2.19. The maximum Gasteiger partial charge on any atom is 0.253 e. The van der Waals surface area contributed by atoms with Crippen LogP contribution in [0.5, 0.6) is 0 Å². The van der Waals surface area contributed by atoms with E-state index in [1.807, 2.05) is 24.3 Å². The Morgan fingerprint density at radius 1 is 1.15 bits per heavy atom. The smallest absolute Gasteiger partial charge is 0.253 e. The highest BCUT2D eigenvalue weighted by atomic mass is 35.5. The number of rotatable bonds is 6. The van der Waals surface area contributed by atoms with Gasteiger partial charge >= 0.3 is 0 Å². The van der Waals surface area contributed by atoms with Crippen LogP contribution in [0.4, 0.5) is 5.69 Å². The number of benzene rings is 1. The largest absolute Gasteiger partial charge is 0.368 e. The first-order valence-corrected chi connectivity index (χ1v) is 8.80. The number of nitrogens with one attached hydrogen (secondary N) is 2. The Morgan fingerprint density at radius 3 is 2.69 bits per heavy atom. The zero-order valence-corrected chi connectivity index (χ0v) is 15.4. The normalized spacial score (nSPS) is 24.7. The molecule has 26 heavy (non-hydrogen) atoms. The van der Waals surface area contributed by atoms with Crippen molar-refractivity contribution in [2.24, 2.45) is 5.73 Å². The van der Waals surface area contributed by atoms with Crippen molar-refractivity contribution in [3.63, 3.8) is 0 Å². The average Bonchev–Trinajstić information content (AvgIpc) is 3.31. The first kappa shape index (κ1) is 20.6. The molecule has 2 saturated heterocycles. The van der Waals surface area contributed by atoms with E-state index in [9.17, 15) is 9.59 Å². The molecule has 0 radical (unpaired) electrons. The fraction of sp³-hybridized carbons (Fsp3) is 0.556. The zero-order chi connectivity index (χ0) is 17.6. The molecule has 3 atom stereocenters. The lowest BCUT2D eigenvalue weighted by Crippen LogP contribution is -2.35. The van der Waals surface area contributed by atoms with E-state index in [0.717, 1.165) is 24.8 Å². The highest BCUT2D eigenvalue weighted by molar-refractivity contribution is 5.94. The summed E-state index contributed by atoms with van der Waals surface area (Å²) in [4.78, 5) is 24.2. The summed E-state index contributed by atoms with van der Waals surface area (Å²) >= 11 is 0. The fourth-order valence-electron chi connectivity index (χ4n) is 3.14. The van der Waals surface area contributed by atoms with E-state index in [0.29, 0.717) is 31.8 Å². The van der Waals surface area contributed by atoms with Crippen LogP contribution in [-0.2, 0) is 25.6 Å². The molecule has 0 aromatic heterocycles. The molecule has 0 spiro atoms. The van der Waals surface area contributed by atoms with Crippen LogP contribution in [0.3, 0.4) is 0 Å². The van der Waals surface area contributed by atoms with Crippen molar-refractivity contribution in [2.75, 3.05) is 18.5 Å². The Hall–Kier alpha value is -1.67. The average molecular weight is 384 g/mol. The molecule has 2 aliphatic rings. The lowest BCUT2D eigenvalue weighted by atomic mass is 10.1. The lowest BCUT2D eigenvalue weighted by Gasteiger charge is -2.14. The Balaban J connectivity index is 0.00000243. The molecule has 8 heteroatoms. The van der Waals surface area contributed by atoms with Gasteiger partial charge in [0.25, 0.3) is 5.91 Å². The molecule has 2 fully saturated rings. The van der Waals surface area contributed by atoms with E-state index in [1.165, 1.54) is 0 Å². The van der Waals surface area contributed by atoms with Gasteiger partial charge in [0.05, 0.1) is 6.10 Å². The molecule has 4 N–H and O–H groups in total. The van der Waals surface area contributed by atoms with Crippen molar-refractivity contribution >= 4 is 29.9 Å². The Bertz CT molecular complexity index is 622. The van der Waals surface area contributed by atoms with Crippen molar-refractivity contribution in [3.05, 3.63) is 29.8 Å². The second kappa shape index (κ2) is 9.87. The Morgan fingerprint density at radius 2 is 2.00 bits per heavy atom. The van der Waals surface area contributed by atoms with Crippen molar-refractivity contribution < 1.29 is 19.1 Å². The molecule has 0 aliphatic carbocycles. The SMILES string of the molecule is Cl.NC[C@H]1CC[C@@H](C(=O)NCc2cccc(NC(=O)C3CCCO3)c2)O1. The number of hydrogen-bond acceptors (Lipinski definition) is 5. The number of carbonyl (C=O) groups is 2. The van der Waals surface area contributed by atoms with Crippen LogP contribution >= 0.6 is 12.4 Å². The molecule has 0 saturated carbocycles. The highest BCUT2D eigenvalue weighted by Gasteiger charge is 2.29. The van der Waals surface area contributed by atoms with Gasteiger partial charge in [-0.2, -0.15) is 0 Å². The van der Waals surface area contributed by atoms with Gasteiger partial charge in [-0.05, 0) is 43.4 Å². The second-order valence-electron chi connectivity index (χ2n) is 6.47. The van der Waals surface area contributed by atoms with E-state index in [4.69, 9.17) is 15.2 Å². The molecule has 1 aromatic carbocycles. The summed E-state index contributed by atoms with van der Waals surface area (Å²) in [5.74, 6) is -0.240. The third-order valence-corrected chi connectivity index (χ3v) is 4.55. The summed E-state index contributed by atoms with van der Waals surface area (Å²) in [6.45, 7) is 1.46. The molecule has 2 amide bonds. The number of halogens is 1. The second-order valence-corrected chi connectivity index (χ2v) is 6.47. The van der Waals surface area contributed by atoms with Gasteiger partial charge in [0.2, 0.25) is 5.91 Å². The lowest BCUT2D eigenvalue weighted by molar-refractivity contribution is -0.132. The van der Waals surface area contributed by atoms with E-state index in [-0.39, 0.29) is 36.4 Å². The quantitative estimate of drug-likeness (QED) is 0.688. The van der Waals surface area contributed by atoms with E-state index in [1.54, 1.807) is 0 Å². The van der Waals surface area contributed by atoms with E-state index < -0.39 is 6.10 Å². The van der Waals surface area contributed by atoms with Crippen LogP contribution in [-0.4, -0.2) is 43.3 Å². The van der Waals surface area contributed by atoms with Crippen LogP contribution in [0.1, 0.15) is 31.2 Å². The molecular weight excluding hydrogens is 358 g/mol. The van der Waals surface area contributed by atoms with Crippen molar-refractivity contribution in [2.45, 2.75) is 50.5 Å². The number of carbonyl (C=O) groups excluding carboxylic acids is 2. The molecule has 2 aliphatic heterocycles. The predicted molar refractivity (Wildman–Crippen MR) is 100 cm³/mol. The van der Waals surface area contributed by atoms with Gasteiger partial charge in [0.15, 0.2) is 0 Å². The van der Waals surface area contributed by atoms with Crippen LogP contribution in [0.2, 0.25) is 0 Å². The monoisotopic (exact) mass is 383 g/mol. The standard InChI is InChI=1S/C18H25N3O4.ClH/c19-10-14-6-7-16(25-14)17(22)20-11-12-3-1-4-13(9-12)21-18(23)15-5-2-8-24-15;/h1,3-4,9,14-16H,2,5-8,10-11,19H2,(H,20,22)(H,21,23);1H/t14-,15?,16+;/m1./s1. The summed E-state index contributed by atoms with van der Waals surface area (Å²) in [6, 6.07) is 7.43. The fourth-order valence-corrected chi connectivity index (χ4v) is 3.14.